The van der Waals surface area contributed by atoms with E-state index in [-0.39, 0.29) is 11.9 Å². The Hall–Kier alpha value is -2.50. The monoisotopic (exact) mass is 363 g/mol. The molecule has 132 valence electrons. The maximum absolute atomic E-state index is 12.8. The van der Waals surface area contributed by atoms with Crippen molar-refractivity contribution in [1.29, 1.82) is 0 Å². The number of hydrogen-bond donors (Lipinski definition) is 1. The fourth-order valence-electron chi connectivity index (χ4n) is 3.44. The van der Waals surface area contributed by atoms with E-state index in [4.69, 9.17) is 0 Å². The van der Waals surface area contributed by atoms with Gasteiger partial charge in [0.1, 0.15) is 0 Å². The van der Waals surface area contributed by atoms with Crippen LogP contribution in [0.25, 0.3) is 11.3 Å². The van der Waals surface area contributed by atoms with E-state index in [0.29, 0.717) is 0 Å². The largest absolute Gasteiger partial charge is 0.325 e. The zero-order valence-electron chi connectivity index (χ0n) is 14.5. The van der Waals surface area contributed by atoms with Gasteiger partial charge in [-0.1, -0.05) is 42.5 Å². The average molecular weight is 363 g/mol. The van der Waals surface area contributed by atoms with Crippen LogP contribution in [-0.4, -0.2) is 28.4 Å². The normalized spacial score (nSPS) is 17.3. The maximum Gasteiger partial charge on any atom is 0.241 e. The van der Waals surface area contributed by atoms with Gasteiger partial charge in [0.15, 0.2) is 0 Å². The summed E-state index contributed by atoms with van der Waals surface area (Å²) in [4.78, 5) is 19.4. The fourth-order valence-corrected chi connectivity index (χ4v) is 4.00. The number of carbonyl (C=O) groups excluding carboxylic acids is 1. The van der Waals surface area contributed by atoms with E-state index in [1.54, 1.807) is 11.3 Å². The van der Waals surface area contributed by atoms with Crippen molar-refractivity contribution in [2.45, 2.75) is 25.4 Å². The van der Waals surface area contributed by atoms with Crippen molar-refractivity contribution in [3.8, 4) is 11.3 Å². The Morgan fingerprint density at radius 1 is 1.15 bits per heavy atom. The second-order valence-corrected chi connectivity index (χ2v) is 7.27. The highest BCUT2D eigenvalue weighted by Crippen LogP contribution is 2.24. The zero-order chi connectivity index (χ0) is 17.8. The molecule has 0 bridgehead atoms. The topological polar surface area (TPSA) is 45.2 Å². The maximum atomic E-state index is 12.8. The van der Waals surface area contributed by atoms with Crippen LogP contribution in [0.5, 0.6) is 0 Å². The Morgan fingerprint density at radius 3 is 2.69 bits per heavy atom. The van der Waals surface area contributed by atoms with E-state index in [1.165, 1.54) is 5.56 Å². The van der Waals surface area contributed by atoms with E-state index < -0.39 is 0 Å². The third kappa shape index (κ3) is 3.84. The lowest BCUT2D eigenvalue weighted by molar-refractivity contribution is -0.120. The molecular weight excluding hydrogens is 342 g/mol. The van der Waals surface area contributed by atoms with E-state index >= 15 is 0 Å². The Labute approximate surface area is 157 Å². The van der Waals surface area contributed by atoms with Gasteiger partial charge in [-0.15, -0.1) is 11.3 Å². The number of nitrogens with zero attached hydrogens (tertiary/aromatic N) is 2. The lowest BCUT2D eigenvalue weighted by Crippen LogP contribution is -2.39. The summed E-state index contributed by atoms with van der Waals surface area (Å²) in [5, 5.41) is 5.10. The van der Waals surface area contributed by atoms with Crippen LogP contribution in [0.3, 0.4) is 0 Å². The van der Waals surface area contributed by atoms with Crippen molar-refractivity contribution >= 4 is 22.9 Å². The molecule has 1 amide bonds. The highest BCUT2D eigenvalue weighted by molar-refractivity contribution is 7.07. The van der Waals surface area contributed by atoms with E-state index in [9.17, 15) is 4.79 Å². The van der Waals surface area contributed by atoms with Crippen molar-refractivity contribution in [2.75, 3.05) is 11.9 Å². The van der Waals surface area contributed by atoms with Crippen LogP contribution in [0.4, 0.5) is 5.69 Å². The summed E-state index contributed by atoms with van der Waals surface area (Å²) in [6, 6.07) is 18.2. The molecule has 4 rings (SSSR count). The summed E-state index contributed by atoms with van der Waals surface area (Å²) in [5.41, 5.74) is 5.95. The van der Waals surface area contributed by atoms with Gasteiger partial charge in [0, 0.05) is 23.2 Å². The first-order valence-electron chi connectivity index (χ1n) is 8.87. The smallest absolute Gasteiger partial charge is 0.241 e. The molecular formula is C21H21N3OS. The number of hydrogen-bond acceptors (Lipinski definition) is 4. The average Bonchev–Trinajstić information content (AvgIpc) is 3.35. The van der Waals surface area contributed by atoms with E-state index in [1.807, 2.05) is 53.4 Å². The van der Waals surface area contributed by atoms with Gasteiger partial charge in [-0.3, -0.25) is 9.69 Å². The van der Waals surface area contributed by atoms with Gasteiger partial charge in [0.2, 0.25) is 5.91 Å². The van der Waals surface area contributed by atoms with Crippen LogP contribution >= 0.6 is 11.3 Å². The molecule has 1 aliphatic rings. The number of aromatic nitrogens is 1. The predicted molar refractivity (Wildman–Crippen MR) is 106 cm³/mol. The molecule has 26 heavy (non-hydrogen) atoms. The molecule has 2 heterocycles. The third-order valence-corrected chi connectivity index (χ3v) is 5.36. The summed E-state index contributed by atoms with van der Waals surface area (Å²) in [5.74, 6) is 0.0832. The molecule has 0 radical (unpaired) electrons. The van der Waals surface area contributed by atoms with Crippen molar-refractivity contribution in [3.63, 3.8) is 0 Å². The first-order valence-corrected chi connectivity index (χ1v) is 9.81. The minimum absolute atomic E-state index is 0.0616. The van der Waals surface area contributed by atoms with Gasteiger partial charge in [-0.05, 0) is 37.1 Å². The number of amides is 1. The Bertz CT molecular complexity index is 847. The number of carbonyl (C=O) groups is 1. The van der Waals surface area contributed by atoms with Crippen LogP contribution in [0.15, 0.2) is 65.5 Å². The van der Waals surface area contributed by atoms with E-state index in [2.05, 4.69) is 27.3 Å². The zero-order valence-corrected chi connectivity index (χ0v) is 15.3. The summed E-state index contributed by atoms with van der Waals surface area (Å²) in [6.45, 7) is 1.79. The van der Waals surface area contributed by atoms with Gasteiger partial charge >= 0.3 is 0 Å². The van der Waals surface area contributed by atoms with E-state index in [0.717, 1.165) is 42.9 Å². The summed E-state index contributed by atoms with van der Waals surface area (Å²) in [7, 11) is 0. The molecule has 3 aromatic rings. The molecule has 1 atom stereocenters. The van der Waals surface area contributed by atoms with Crippen LogP contribution in [0, 0.1) is 0 Å². The highest BCUT2D eigenvalue weighted by Gasteiger charge is 2.30. The van der Waals surface area contributed by atoms with Gasteiger partial charge in [0.05, 0.1) is 17.2 Å². The molecule has 1 fully saturated rings. The van der Waals surface area contributed by atoms with Gasteiger partial charge < -0.3 is 5.32 Å². The summed E-state index contributed by atoms with van der Waals surface area (Å²) < 4.78 is 0. The molecule has 0 saturated carbocycles. The number of rotatable bonds is 5. The Balaban J connectivity index is 1.40. The molecule has 5 heteroatoms. The van der Waals surface area contributed by atoms with Crippen molar-refractivity contribution in [3.05, 3.63) is 71.1 Å². The molecule has 0 spiro atoms. The van der Waals surface area contributed by atoms with Crippen molar-refractivity contribution in [2.24, 2.45) is 0 Å². The quantitative estimate of drug-likeness (QED) is 0.730. The molecule has 0 aliphatic carbocycles. The number of anilines is 1. The molecule has 1 saturated heterocycles. The molecule has 0 unspecified atom stereocenters. The second-order valence-electron chi connectivity index (χ2n) is 6.55. The minimum Gasteiger partial charge on any atom is -0.325 e. The van der Waals surface area contributed by atoms with Crippen LogP contribution in [0.2, 0.25) is 0 Å². The Morgan fingerprint density at radius 2 is 1.96 bits per heavy atom. The van der Waals surface area contributed by atoms with Crippen LogP contribution in [-0.2, 0) is 11.3 Å². The number of likely N-dealkylation sites (tertiary alicyclic amines) is 1. The van der Waals surface area contributed by atoms with Gasteiger partial charge in [-0.25, -0.2) is 4.98 Å². The number of benzene rings is 2. The standard InChI is InChI=1S/C21H21N3OS/c25-21(20-7-4-12-24(20)13-16-5-2-1-3-6-16)23-18-10-8-17(9-11-18)19-14-26-15-22-19/h1-3,5-6,8-11,14-15,20H,4,7,12-13H2,(H,23,25)/t20-/m1/s1. The molecule has 1 N–H and O–H groups in total. The molecule has 4 nitrogen and oxygen atoms in total. The lowest BCUT2D eigenvalue weighted by atomic mass is 10.1. The number of thiazole rings is 1. The fraction of sp³-hybridized carbons (Fsp3) is 0.238. The van der Waals surface area contributed by atoms with Crippen molar-refractivity contribution < 1.29 is 4.79 Å². The third-order valence-electron chi connectivity index (χ3n) is 4.78. The second kappa shape index (κ2) is 7.81. The lowest BCUT2D eigenvalue weighted by Gasteiger charge is -2.23. The summed E-state index contributed by atoms with van der Waals surface area (Å²) in [6.07, 6.45) is 1.98. The predicted octanol–water partition coefficient (Wildman–Crippen LogP) is 4.41. The Kier molecular flexibility index (Phi) is 5.09. The minimum atomic E-state index is -0.0616. The highest BCUT2D eigenvalue weighted by atomic mass is 32.1. The summed E-state index contributed by atoms with van der Waals surface area (Å²) >= 11 is 1.58. The molecule has 2 aromatic carbocycles. The first-order chi connectivity index (χ1) is 12.8. The molecule has 1 aromatic heterocycles. The number of nitrogens with one attached hydrogen (secondary N) is 1. The first kappa shape index (κ1) is 16.9. The van der Waals surface area contributed by atoms with Crippen LogP contribution in [0.1, 0.15) is 18.4 Å². The SMILES string of the molecule is O=C(Nc1ccc(-c2cscn2)cc1)[C@H]1CCCN1Cc1ccccc1. The van der Waals surface area contributed by atoms with Gasteiger partial charge in [-0.2, -0.15) is 0 Å². The van der Waals surface area contributed by atoms with Crippen LogP contribution < -0.4 is 5.32 Å². The van der Waals surface area contributed by atoms with Crippen molar-refractivity contribution in [1.82, 2.24) is 9.88 Å². The molecule has 1 aliphatic heterocycles. The van der Waals surface area contributed by atoms with Gasteiger partial charge in [0.25, 0.3) is 0 Å².